The van der Waals surface area contributed by atoms with Gasteiger partial charge in [-0.2, -0.15) is 0 Å². The maximum atomic E-state index is 12.4. The molecule has 2 aliphatic rings. The average Bonchev–Trinajstić information content (AvgIpc) is 3.07. The van der Waals surface area contributed by atoms with Gasteiger partial charge in [0.2, 0.25) is 10.0 Å². The Kier molecular flexibility index (Phi) is 4.31. The molecule has 2 fully saturated rings. The van der Waals surface area contributed by atoms with Crippen LogP contribution in [0.2, 0.25) is 5.02 Å². The molecule has 3 rings (SSSR count). The molecule has 0 radical (unpaired) electrons. The number of sulfonamides is 1. The molecule has 1 aromatic carbocycles. The van der Waals surface area contributed by atoms with Crippen molar-refractivity contribution < 1.29 is 13.2 Å². The Morgan fingerprint density at radius 2 is 2.04 bits per heavy atom. The van der Waals surface area contributed by atoms with Crippen molar-refractivity contribution in [2.24, 2.45) is 11.8 Å². The normalized spacial score (nSPS) is 26.3. The van der Waals surface area contributed by atoms with Crippen molar-refractivity contribution in [2.75, 3.05) is 17.6 Å². The molecule has 7 heteroatoms. The van der Waals surface area contributed by atoms with Crippen LogP contribution >= 0.6 is 11.6 Å². The van der Waals surface area contributed by atoms with Gasteiger partial charge in [0.25, 0.3) is 5.91 Å². The van der Waals surface area contributed by atoms with Gasteiger partial charge in [0.15, 0.2) is 0 Å². The highest BCUT2D eigenvalue weighted by Gasteiger charge is 2.40. The predicted octanol–water partition coefficient (Wildman–Crippen LogP) is 2.65. The summed E-state index contributed by atoms with van der Waals surface area (Å²) in [5.41, 5.74) is 0.828. The van der Waals surface area contributed by atoms with E-state index in [4.69, 9.17) is 11.6 Å². The SMILES string of the molecule is CN(c1ccc(C(=O)N[C@@H]2C[C@@H]3CC[C@@H]2C3)c(Cl)c1)S(C)(=O)=O. The highest BCUT2D eigenvalue weighted by molar-refractivity contribution is 7.92. The van der Waals surface area contributed by atoms with Crippen molar-refractivity contribution in [3.05, 3.63) is 28.8 Å². The van der Waals surface area contributed by atoms with E-state index in [9.17, 15) is 13.2 Å². The van der Waals surface area contributed by atoms with E-state index >= 15 is 0 Å². The number of hydrogen-bond acceptors (Lipinski definition) is 3. The topological polar surface area (TPSA) is 66.5 Å². The van der Waals surface area contributed by atoms with Crippen LogP contribution in [0.1, 0.15) is 36.0 Å². The summed E-state index contributed by atoms with van der Waals surface area (Å²) in [6.45, 7) is 0. The van der Waals surface area contributed by atoms with E-state index in [0.717, 1.165) is 22.9 Å². The van der Waals surface area contributed by atoms with Crippen molar-refractivity contribution in [1.82, 2.24) is 5.32 Å². The van der Waals surface area contributed by atoms with Gasteiger partial charge in [0, 0.05) is 13.1 Å². The minimum absolute atomic E-state index is 0.180. The molecule has 0 unspecified atom stereocenters. The van der Waals surface area contributed by atoms with Crippen LogP contribution in [-0.4, -0.2) is 33.7 Å². The first-order valence-corrected chi connectivity index (χ1v) is 10.0. The van der Waals surface area contributed by atoms with E-state index in [-0.39, 0.29) is 17.0 Å². The van der Waals surface area contributed by atoms with Crippen molar-refractivity contribution >= 4 is 33.2 Å². The molecule has 0 aromatic heterocycles. The van der Waals surface area contributed by atoms with Crippen LogP contribution in [0.25, 0.3) is 0 Å². The molecule has 5 nitrogen and oxygen atoms in total. The smallest absolute Gasteiger partial charge is 0.253 e. The predicted molar refractivity (Wildman–Crippen MR) is 91.4 cm³/mol. The van der Waals surface area contributed by atoms with Crippen molar-refractivity contribution in [2.45, 2.75) is 31.7 Å². The quantitative estimate of drug-likeness (QED) is 0.901. The molecule has 0 saturated heterocycles. The number of nitrogens with zero attached hydrogens (tertiary/aromatic N) is 1. The summed E-state index contributed by atoms with van der Waals surface area (Å²) in [4.78, 5) is 12.4. The number of rotatable bonds is 4. The van der Waals surface area contributed by atoms with Gasteiger partial charge in [0.05, 0.1) is 22.5 Å². The largest absolute Gasteiger partial charge is 0.349 e. The van der Waals surface area contributed by atoms with Gasteiger partial charge in [-0.3, -0.25) is 9.10 Å². The van der Waals surface area contributed by atoms with Gasteiger partial charge in [0.1, 0.15) is 0 Å². The van der Waals surface area contributed by atoms with E-state index in [0.29, 0.717) is 17.2 Å². The molecular formula is C16H21ClN2O3S. The van der Waals surface area contributed by atoms with E-state index in [1.165, 1.54) is 32.4 Å². The van der Waals surface area contributed by atoms with Crippen LogP contribution in [0.4, 0.5) is 5.69 Å². The van der Waals surface area contributed by atoms with Gasteiger partial charge in [-0.05, 0) is 49.3 Å². The molecule has 1 aromatic rings. The number of carbonyl (C=O) groups is 1. The van der Waals surface area contributed by atoms with Crippen LogP contribution in [0, 0.1) is 11.8 Å². The molecule has 0 spiro atoms. The van der Waals surface area contributed by atoms with E-state index in [1.54, 1.807) is 12.1 Å². The molecule has 0 heterocycles. The maximum absolute atomic E-state index is 12.4. The summed E-state index contributed by atoms with van der Waals surface area (Å²) in [7, 11) is -1.90. The fourth-order valence-electron chi connectivity index (χ4n) is 3.74. The Hall–Kier alpha value is -1.27. The summed E-state index contributed by atoms with van der Waals surface area (Å²) >= 11 is 6.20. The monoisotopic (exact) mass is 356 g/mol. The van der Waals surface area contributed by atoms with Crippen molar-refractivity contribution in [3.63, 3.8) is 0 Å². The third-order valence-electron chi connectivity index (χ3n) is 5.11. The van der Waals surface area contributed by atoms with E-state index in [2.05, 4.69) is 5.32 Å². The zero-order chi connectivity index (χ0) is 16.8. The molecule has 2 saturated carbocycles. The second-order valence-electron chi connectivity index (χ2n) is 6.65. The lowest BCUT2D eigenvalue weighted by atomic mass is 9.95. The van der Waals surface area contributed by atoms with Gasteiger partial charge in [-0.1, -0.05) is 18.0 Å². The lowest BCUT2D eigenvalue weighted by molar-refractivity contribution is 0.0923. The van der Waals surface area contributed by atoms with Crippen molar-refractivity contribution in [3.8, 4) is 0 Å². The first-order valence-electron chi connectivity index (χ1n) is 7.80. The van der Waals surface area contributed by atoms with Gasteiger partial charge in [-0.15, -0.1) is 0 Å². The maximum Gasteiger partial charge on any atom is 0.253 e. The Labute approximate surface area is 142 Å². The molecule has 0 aliphatic heterocycles. The number of anilines is 1. The summed E-state index contributed by atoms with van der Waals surface area (Å²) in [6, 6.07) is 4.94. The summed E-state index contributed by atoms with van der Waals surface area (Å²) in [5.74, 6) is 1.17. The third kappa shape index (κ3) is 3.33. The van der Waals surface area contributed by atoms with Crippen LogP contribution < -0.4 is 9.62 Å². The molecule has 23 heavy (non-hydrogen) atoms. The Balaban J connectivity index is 1.74. The molecule has 126 valence electrons. The zero-order valence-electron chi connectivity index (χ0n) is 13.3. The highest BCUT2D eigenvalue weighted by Crippen LogP contribution is 2.44. The molecule has 1 N–H and O–H groups in total. The van der Waals surface area contributed by atoms with E-state index in [1.807, 2.05) is 0 Å². The fourth-order valence-corrected chi connectivity index (χ4v) is 4.50. The number of carbonyl (C=O) groups excluding carboxylic acids is 1. The first kappa shape index (κ1) is 16.6. The number of fused-ring (bicyclic) bond motifs is 2. The van der Waals surface area contributed by atoms with Gasteiger partial charge in [-0.25, -0.2) is 8.42 Å². The summed E-state index contributed by atoms with van der Waals surface area (Å²) < 4.78 is 24.3. The number of hydrogen-bond donors (Lipinski definition) is 1. The number of halogens is 1. The summed E-state index contributed by atoms with van der Waals surface area (Å²) in [6.07, 6.45) is 5.88. The minimum atomic E-state index is -3.36. The minimum Gasteiger partial charge on any atom is -0.349 e. The van der Waals surface area contributed by atoms with Gasteiger partial charge >= 0.3 is 0 Å². The Bertz CT molecular complexity index is 735. The van der Waals surface area contributed by atoms with Crippen LogP contribution in [0.5, 0.6) is 0 Å². The third-order valence-corrected chi connectivity index (χ3v) is 6.63. The first-order chi connectivity index (χ1) is 10.8. The second-order valence-corrected chi connectivity index (χ2v) is 9.07. The second kappa shape index (κ2) is 5.98. The molecule has 2 bridgehead atoms. The lowest BCUT2D eigenvalue weighted by Gasteiger charge is -2.23. The summed E-state index contributed by atoms with van der Waals surface area (Å²) in [5, 5.41) is 3.35. The lowest BCUT2D eigenvalue weighted by Crippen LogP contribution is -2.38. The highest BCUT2D eigenvalue weighted by atomic mass is 35.5. The Morgan fingerprint density at radius 1 is 1.30 bits per heavy atom. The molecule has 3 atom stereocenters. The number of benzene rings is 1. The standard InChI is InChI=1S/C16H21ClN2O3S/c1-19(23(2,21)22)12-5-6-13(14(17)9-12)16(20)18-15-8-10-3-4-11(15)7-10/h5-6,9-11,15H,3-4,7-8H2,1-2H3,(H,18,20)/t10-,11-,15-/m1/s1. The molecule has 2 aliphatic carbocycles. The van der Waals surface area contributed by atoms with Crippen LogP contribution in [-0.2, 0) is 10.0 Å². The fraction of sp³-hybridized carbons (Fsp3) is 0.562. The van der Waals surface area contributed by atoms with Gasteiger partial charge < -0.3 is 5.32 Å². The van der Waals surface area contributed by atoms with Crippen molar-refractivity contribution in [1.29, 1.82) is 0 Å². The van der Waals surface area contributed by atoms with Crippen LogP contribution in [0.15, 0.2) is 18.2 Å². The molecule has 1 amide bonds. The zero-order valence-corrected chi connectivity index (χ0v) is 14.8. The Morgan fingerprint density at radius 3 is 2.57 bits per heavy atom. The average molecular weight is 357 g/mol. The van der Waals surface area contributed by atoms with E-state index < -0.39 is 10.0 Å². The molecular weight excluding hydrogens is 336 g/mol. The number of amides is 1. The van der Waals surface area contributed by atoms with Crippen LogP contribution in [0.3, 0.4) is 0 Å². The number of nitrogens with one attached hydrogen (secondary N) is 1.